The van der Waals surface area contributed by atoms with E-state index in [1.807, 2.05) is 19.1 Å². The zero-order chi connectivity index (χ0) is 11.0. The maximum atomic E-state index is 5.84. The van der Waals surface area contributed by atoms with Gasteiger partial charge in [0.15, 0.2) is 0 Å². The van der Waals surface area contributed by atoms with E-state index in [9.17, 15) is 0 Å². The van der Waals surface area contributed by atoms with Crippen molar-refractivity contribution in [3.63, 3.8) is 0 Å². The highest BCUT2D eigenvalue weighted by Gasteiger charge is 2.07. The van der Waals surface area contributed by atoms with E-state index in [4.69, 9.17) is 5.73 Å². The zero-order valence-electron chi connectivity index (χ0n) is 9.41. The lowest BCUT2D eigenvalue weighted by Crippen LogP contribution is -2.04. The van der Waals surface area contributed by atoms with Crippen LogP contribution in [0.1, 0.15) is 44.1 Å². The molecular weight excluding hydrogens is 186 g/mol. The molecule has 1 heterocycles. The Hall–Kier alpha value is -1.35. The molecule has 0 amide bonds. The third-order valence-corrected chi connectivity index (χ3v) is 2.60. The minimum Gasteiger partial charge on any atom is -0.342 e. The van der Waals surface area contributed by atoms with Crippen LogP contribution < -0.4 is 5.73 Å². The van der Waals surface area contributed by atoms with E-state index in [0.717, 1.165) is 22.4 Å². The number of H-pyrrole nitrogens is 1. The van der Waals surface area contributed by atoms with E-state index in [0.29, 0.717) is 5.92 Å². The van der Waals surface area contributed by atoms with Gasteiger partial charge in [0.2, 0.25) is 0 Å². The summed E-state index contributed by atoms with van der Waals surface area (Å²) >= 11 is 0. The van der Waals surface area contributed by atoms with Gasteiger partial charge < -0.3 is 10.7 Å². The van der Waals surface area contributed by atoms with Gasteiger partial charge in [-0.05, 0) is 24.6 Å². The summed E-state index contributed by atoms with van der Waals surface area (Å²) < 4.78 is 0. The van der Waals surface area contributed by atoms with Gasteiger partial charge in [-0.25, -0.2) is 4.98 Å². The van der Waals surface area contributed by atoms with E-state index in [1.54, 1.807) is 0 Å². The Balaban J connectivity index is 2.52. The van der Waals surface area contributed by atoms with Crippen LogP contribution in [0.15, 0.2) is 18.2 Å². The normalized spacial score (nSPS) is 13.7. The number of nitrogens with one attached hydrogen (secondary N) is 1. The first-order valence-electron chi connectivity index (χ1n) is 5.33. The highest BCUT2D eigenvalue weighted by Crippen LogP contribution is 2.20. The standard InChI is InChI=1S/C12H17N3/c1-7(2)12-14-10-5-4-9(8(3)13)6-11(10)15-12/h4-8H,13H2,1-3H3,(H,14,15). The van der Waals surface area contributed by atoms with Gasteiger partial charge in [0, 0.05) is 12.0 Å². The topological polar surface area (TPSA) is 54.7 Å². The second-order valence-corrected chi connectivity index (χ2v) is 4.34. The van der Waals surface area contributed by atoms with Gasteiger partial charge in [0.25, 0.3) is 0 Å². The Labute approximate surface area is 89.7 Å². The second kappa shape index (κ2) is 3.66. The minimum atomic E-state index is 0.0696. The lowest BCUT2D eigenvalue weighted by molar-refractivity contribution is 0.799. The largest absolute Gasteiger partial charge is 0.342 e. The Kier molecular flexibility index (Phi) is 2.49. The molecule has 3 nitrogen and oxygen atoms in total. The molecule has 1 unspecified atom stereocenters. The number of imidazole rings is 1. The van der Waals surface area contributed by atoms with E-state index >= 15 is 0 Å². The summed E-state index contributed by atoms with van der Waals surface area (Å²) in [7, 11) is 0. The summed E-state index contributed by atoms with van der Waals surface area (Å²) in [6.07, 6.45) is 0. The van der Waals surface area contributed by atoms with Crippen molar-refractivity contribution >= 4 is 11.0 Å². The number of nitrogens with two attached hydrogens (primary N) is 1. The Bertz CT molecular complexity index is 463. The molecular formula is C12H17N3. The highest BCUT2D eigenvalue weighted by atomic mass is 14.9. The van der Waals surface area contributed by atoms with Crippen molar-refractivity contribution in [3.05, 3.63) is 29.6 Å². The third-order valence-electron chi connectivity index (χ3n) is 2.60. The van der Waals surface area contributed by atoms with Crippen molar-refractivity contribution in [2.24, 2.45) is 5.73 Å². The number of nitrogens with zero attached hydrogens (tertiary/aromatic N) is 1. The van der Waals surface area contributed by atoms with Gasteiger partial charge in [-0.1, -0.05) is 19.9 Å². The van der Waals surface area contributed by atoms with Crippen LogP contribution in [0.4, 0.5) is 0 Å². The van der Waals surface area contributed by atoms with Gasteiger partial charge >= 0.3 is 0 Å². The molecule has 1 aromatic heterocycles. The lowest BCUT2D eigenvalue weighted by atomic mass is 10.1. The molecule has 2 rings (SSSR count). The number of aromatic amines is 1. The van der Waals surface area contributed by atoms with Crippen LogP contribution in [-0.2, 0) is 0 Å². The van der Waals surface area contributed by atoms with Crippen LogP contribution in [0.5, 0.6) is 0 Å². The molecule has 0 radical (unpaired) electrons. The zero-order valence-corrected chi connectivity index (χ0v) is 9.41. The molecule has 0 spiro atoms. The molecule has 0 aliphatic heterocycles. The SMILES string of the molecule is CC(C)c1nc2ccc(C(C)N)cc2[nH]1. The van der Waals surface area contributed by atoms with Crippen molar-refractivity contribution in [1.29, 1.82) is 0 Å². The van der Waals surface area contributed by atoms with Crippen LogP contribution in [-0.4, -0.2) is 9.97 Å². The van der Waals surface area contributed by atoms with Gasteiger partial charge in [0.05, 0.1) is 11.0 Å². The van der Waals surface area contributed by atoms with Crippen molar-refractivity contribution in [2.45, 2.75) is 32.7 Å². The fourth-order valence-electron chi connectivity index (χ4n) is 1.60. The van der Waals surface area contributed by atoms with Crippen molar-refractivity contribution in [2.75, 3.05) is 0 Å². The molecule has 1 atom stereocenters. The van der Waals surface area contributed by atoms with Crippen LogP contribution in [0.2, 0.25) is 0 Å². The molecule has 0 fully saturated rings. The predicted molar refractivity (Wildman–Crippen MR) is 62.8 cm³/mol. The highest BCUT2D eigenvalue weighted by molar-refractivity contribution is 5.76. The summed E-state index contributed by atoms with van der Waals surface area (Å²) in [4.78, 5) is 7.84. The number of hydrogen-bond acceptors (Lipinski definition) is 2. The third kappa shape index (κ3) is 1.88. The molecule has 80 valence electrons. The summed E-state index contributed by atoms with van der Waals surface area (Å²) in [6, 6.07) is 6.22. The molecule has 0 saturated heterocycles. The molecule has 15 heavy (non-hydrogen) atoms. The summed E-state index contributed by atoms with van der Waals surface area (Å²) in [5.74, 6) is 1.46. The maximum Gasteiger partial charge on any atom is 0.109 e. The van der Waals surface area contributed by atoms with Crippen LogP contribution >= 0.6 is 0 Å². The minimum absolute atomic E-state index is 0.0696. The Morgan fingerprint density at radius 1 is 1.27 bits per heavy atom. The van der Waals surface area contributed by atoms with Gasteiger partial charge in [0.1, 0.15) is 5.82 Å². The first kappa shape index (κ1) is 10.2. The van der Waals surface area contributed by atoms with Crippen molar-refractivity contribution in [3.8, 4) is 0 Å². The Morgan fingerprint density at radius 3 is 2.60 bits per heavy atom. The number of fused-ring (bicyclic) bond motifs is 1. The lowest BCUT2D eigenvalue weighted by Gasteiger charge is -2.03. The van der Waals surface area contributed by atoms with Crippen LogP contribution in [0.25, 0.3) is 11.0 Å². The fraction of sp³-hybridized carbons (Fsp3) is 0.417. The summed E-state index contributed by atoms with van der Waals surface area (Å²) in [6.45, 7) is 6.25. The van der Waals surface area contributed by atoms with Gasteiger partial charge in [-0.15, -0.1) is 0 Å². The Morgan fingerprint density at radius 2 is 2.00 bits per heavy atom. The maximum absolute atomic E-state index is 5.84. The molecule has 0 saturated carbocycles. The fourth-order valence-corrected chi connectivity index (χ4v) is 1.60. The molecule has 3 heteroatoms. The van der Waals surface area contributed by atoms with Gasteiger partial charge in [-0.3, -0.25) is 0 Å². The number of aromatic nitrogens is 2. The van der Waals surface area contributed by atoms with Crippen LogP contribution in [0.3, 0.4) is 0 Å². The summed E-state index contributed by atoms with van der Waals surface area (Å²) in [5, 5.41) is 0. The molecule has 0 aliphatic rings. The quantitative estimate of drug-likeness (QED) is 0.788. The van der Waals surface area contributed by atoms with Crippen LogP contribution in [0, 0.1) is 0 Å². The predicted octanol–water partition coefficient (Wildman–Crippen LogP) is 2.71. The molecule has 0 aliphatic carbocycles. The van der Waals surface area contributed by atoms with Gasteiger partial charge in [-0.2, -0.15) is 0 Å². The number of benzene rings is 1. The molecule has 1 aromatic carbocycles. The van der Waals surface area contributed by atoms with Crippen molar-refractivity contribution < 1.29 is 0 Å². The molecule has 0 bridgehead atoms. The second-order valence-electron chi connectivity index (χ2n) is 4.34. The molecule has 2 aromatic rings. The monoisotopic (exact) mass is 203 g/mol. The van der Waals surface area contributed by atoms with E-state index in [2.05, 4.69) is 29.9 Å². The van der Waals surface area contributed by atoms with Crippen molar-refractivity contribution in [1.82, 2.24) is 9.97 Å². The smallest absolute Gasteiger partial charge is 0.109 e. The molecule has 3 N–H and O–H groups in total. The van der Waals surface area contributed by atoms with E-state index in [1.165, 1.54) is 0 Å². The number of hydrogen-bond donors (Lipinski definition) is 2. The average molecular weight is 203 g/mol. The first-order valence-corrected chi connectivity index (χ1v) is 5.33. The summed E-state index contributed by atoms with van der Waals surface area (Å²) in [5.41, 5.74) is 9.07. The average Bonchev–Trinajstić information content (AvgIpc) is 2.59. The first-order chi connectivity index (χ1) is 7.08. The number of rotatable bonds is 2. The van der Waals surface area contributed by atoms with E-state index < -0.39 is 0 Å². The van der Waals surface area contributed by atoms with E-state index in [-0.39, 0.29) is 6.04 Å².